The summed E-state index contributed by atoms with van der Waals surface area (Å²) >= 11 is 5.46. The first-order chi connectivity index (χ1) is 8.24. The van der Waals surface area contributed by atoms with E-state index in [4.69, 9.17) is 16.3 Å². The van der Waals surface area contributed by atoms with Gasteiger partial charge in [0.15, 0.2) is 0 Å². The number of carbonyl (C=O) groups excluding carboxylic acids is 1. The number of carbonyl (C=O) groups is 1. The van der Waals surface area contributed by atoms with E-state index in [2.05, 4.69) is 5.32 Å². The zero-order valence-corrected chi connectivity index (χ0v) is 10.8. The van der Waals surface area contributed by atoms with Gasteiger partial charge in [0.2, 0.25) is 0 Å². The van der Waals surface area contributed by atoms with Gasteiger partial charge in [0.05, 0.1) is 6.61 Å². The lowest BCUT2D eigenvalue weighted by Crippen LogP contribution is -2.25. The highest BCUT2D eigenvalue weighted by Gasteiger charge is 2.03. The van der Waals surface area contributed by atoms with Crippen LogP contribution in [0.15, 0.2) is 24.3 Å². The minimum Gasteiger partial charge on any atom is -0.380 e. The number of ether oxygens (including phenoxy) is 1. The van der Waals surface area contributed by atoms with Crippen molar-refractivity contribution in [2.75, 3.05) is 25.6 Å². The number of nitrogens with one attached hydrogen (secondary N) is 1. The van der Waals surface area contributed by atoms with Gasteiger partial charge in [0, 0.05) is 24.6 Å². The van der Waals surface area contributed by atoms with Crippen molar-refractivity contribution in [1.82, 2.24) is 5.32 Å². The van der Waals surface area contributed by atoms with Gasteiger partial charge >= 0.3 is 0 Å². The molecule has 0 aliphatic rings. The Kier molecular flexibility index (Phi) is 6.67. The van der Waals surface area contributed by atoms with E-state index in [1.807, 2.05) is 31.2 Å². The van der Waals surface area contributed by atoms with Crippen LogP contribution in [0.2, 0.25) is 0 Å². The SMILES string of the molecule is Cc1ccc(C(=O)NCCCOCCCl)cc1. The molecule has 0 saturated carbocycles. The molecule has 17 heavy (non-hydrogen) atoms. The van der Waals surface area contributed by atoms with Crippen LogP contribution < -0.4 is 5.32 Å². The average Bonchev–Trinajstić information content (AvgIpc) is 2.34. The van der Waals surface area contributed by atoms with Crippen LogP contribution in [-0.4, -0.2) is 31.5 Å². The van der Waals surface area contributed by atoms with E-state index >= 15 is 0 Å². The highest BCUT2D eigenvalue weighted by molar-refractivity contribution is 6.17. The quantitative estimate of drug-likeness (QED) is 0.600. The third-order valence-corrected chi connectivity index (χ3v) is 2.44. The lowest BCUT2D eigenvalue weighted by atomic mass is 10.1. The van der Waals surface area contributed by atoms with Gasteiger partial charge in [-0.3, -0.25) is 4.79 Å². The fourth-order valence-corrected chi connectivity index (χ4v) is 1.45. The maximum absolute atomic E-state index is 11.7. The van der Waals surface area contributed by atoms with Gasteiger partial charge in [0.1, 0.15) is 0 Å². The van der Waals surface area contributed by atoms with Gasteiger partial charge in [0.25, 0.3) is 5.91 Å². The molecule has 0 aromatic heterocycles. The summed E-state index contributed by atoms with van der Waals surface area (Å²) in [6.45, 7) is 3.80. The molecule has 0 saturated heterocycles. The number of rotatable bonds is 7. The topological polar surface area (TPSA) is 38.3 Å². The third kappa shape index (κ3) is 5.71. The van der Waals surface area contributed by atoms with Gasteiger partial charge in [-0.1, -0.05) is 17.7 Å². The summed E-state index contributed by atoms with van der Waals surface area (Å²) in [5, 5.41) is 2.84. The van der Waals surface area contributed by atoms with Crippen LogP contribution in [0.3, 0.4) is 0 Å². The van der Waals surface area contributed by atoms with Crippen molar-refractivity contribution in [3.63, 3.8) is 0 Å². The first kappa shape index (κ1) is 14.0. The number of hydrogen-bond donors (Lipinski definition) is 1. The van der Waals surface area contributed by atoms with Crippen molar-refractivity contribution in [3.8, 4) is 0 Å². The molecule has 3 nitrogen and oxygen atoms in total. The van der Waals surface area contributed by atoms with Crippen LogP contribution >= 0.6 is 11.6 Å². The lowest BCUT2D eigenvalue weighted by Gasteiger charge is -2.05. The lowest BCUT2D eigenvalue weighted by molar-refractivity contribution is 0.0944. The standard InChI is InChI=1S/C13H18ClNO2/c1-11-3-5-12(6-4-11)13(16)15-8-2-9-17-10-7-14/h3-6H,2,7-10H2,1H3,(H,15,16). The molecule has 0 heterocycles. The largest absolute Gasteiger partial charge is 0.380 e. The summed E-state index contributed by atoms with van der Waals surface area (Å²) in [7, 11) is 0. The van der Waals surface area contributed by atoms with Crippen LogP contribution in [0, 0.1) is 6.92 Å². The van der Waals surface area contributed by atoms with Crippen LogP contribution in [0.4, 0.5) is 0 Å². The predicted molar refractivity (Wildman–Crippen MR) is 69.7 cm³/mol. The molecule has 1 rings (SSSR count). The number of amides is 1. The van der Waals surface area contributed by atoms with Crippen molar-refractivity contribution in [3.05, 3.63) is 35.4 Å². The molecule has 94 valence electrons. The van der Waals surface area contributed by atoms with Crippen molar-refractivity contribution in [1.29, 1.82) is 0 Å². The number of hydrogen-bond acceptors (Lipinski definition) is 2. The Labute approximate surface area is 107 Å². The van der Waals surface area contributed by atoms with Crippen molar-refractivity contribution < 1.29 is 9.53 Å². The maximum Gasteiger partial charge on any atom is 0.251 e. The Hall–Kier alpha value is -1.06. The number of alkyl halides is 1. The van der Waals surface area contributed by atoms with E-state index in [1.165, 1.54) is 0 Å². The average molecular weight is 256 g/mol. The molecule has 4 heteroatoms. The monoisotopic (exact) mass is 255 g/mol. The van der Waals surface area contributed by atoms with Crippen molar-refractivity contribution in [2.24, 2.45) is 0 Å². The Bertz CT molecular complexity index is 338. The molecule has 1 N–H and O–H groups in total. The van der Waals surface area contributed by atoms with Crippen LogP contribution in [0.1, 0.15) is 22.3 Å². The number of benzene rings is 1. The Morgan fingerprint density at radius 2 is 2.00 bits per heavy atom. The highest BCUT2D eigenvalue weighted by Crippen LogP contribution is 2.02. The van der Waals surface area contributed by atoms with Crippen molar-refractivity contribution >= 4 is 17.5 Å². The molecule has 0 bridgehead atoms. The summed E-state index contributed by atoms with van der Waals surface area (Å²) < 4.78 is 5.20. The molecule has 1 aromatic carbocycles. The molecule has 0 aliphatic heterocycles. The summed E-state index contributed by atoms with van der Waals surface area (Å²) in [6.07, 6.45) is 0.800. The van der Waals surface area contributed by atoms with Crippen LogP contribution in [0.5, 0.6) is 0 Å². The molecule has 0 spiro atoms. The zero-order chi connectivity index (χ0) is 12.5. The first-order valence-corrected chi connectivity index (χ1v) is 6.26. The van der Waals surface area contributed by atoms with E-state index in [1.54, 1.807) is 0 Å². The maximum atomic E-state index is 11.7. The van der Waals surface area contributed by atoms with E-state index in [-0.39, 0.29) is 5.91 Å². The zero-order valence-electron chi connectivity index (χ0n) is 10.0. The van der Waals surface area contributed by atoms with Gasteiger partial charge in [-0.25, -0.2) is 0 Å². The third-order valence-electron chi connectivity index (χ3n) is 2.29. The second-order valence-corrected chi connectivity index (χ2v) is 4.15. The normalized spacial score (nSPS) is 10.2. The van der Waals surface area contributed by atoms with Crippen molar-refractivity contribution in [2.45, 2.75) is 13.3 Å². The number of halogens is 1. The van der Waals surface area contributed by atoms with Gasteiger partial charge < -0.3 is 10.1 Å². The summed E-state index contributed by atoms with van der Waals surface area (Å²) in [5.74, 6) is 0.470. The highest BCUT2D eigenvalue weighted by atomic mass is 35.5. The Balaban J connectivity index is 2.19. The van der Waals surface area contributed by atoms with E-state index in [9.17, 15) is 4.79 Å². The molecule has 1 aromatic rings. The Morgan fingerprint density at radius 1 is 1.29 bits per heavy atom. The smallest absolute Gasteiger partial charge is 0.251 e. The summed E-state index contributed by atoms with van der Waals surface area (Å²) in [4.78, 5) is 11.7. The first-order valence-electron chi connectivity index (χ1n) is 5.72. The fraction of sp³-hybridized carbons (Fsp3) is 0.462. The van der Waals surface area contributed by atoms with Gasteiger partial charge in [-0.05, 0) is 25.5 Å². The van der Waals surface area contributed by atoms with E-state index in [0.717, 1.165) is 12.0 Å². The minimum atomic E-state index is -0.0395. The molecule has 0 fully saturated rings. The van der Waals surface area contributed by atoms with Gasteiger partial charge in [-0.2, -0.15) is 0 Å². The molecule has 0 unspecified atom stereocenters. The van der Waals surface area contributed by atoms with Crippen LogP contribution in [-0.2, 0) is 4.74 Å². The van der Waals surface area contributed by atoms with E-state index in [0.29, 0.717) is 31.2 Å². The second-order valence-electron chi connectivity index (χ2n) is 3.78. The molecular weight excluding hydrogens is 238 g/mol. The summed E-state index contributed by atoms with van der Waals surface area (Å²) in [5.41, 5.74) is 1.84. The molecule has 0 atom stereocenters. The second kappa shape index (κ2) is 8.09. The molecular formula is C13H18ClNO2. The van der Waals surface area contributed by atoms with Crippen LogP contribution in [0.25, 0.3) is 0 Å². The van der Waals surface area contributed by atoms with E-state index < -0.39 is 0 Å². The minimum absolute atomic E-state index is 0.0395. The molecule has 1 amide bonds. The molecule has 0 radical (unpaired) electrons. The fourth-order valence-electron chi connectivity index (χ4n) is 1.34. The number of aryl methyl sites for hydroxylation is 1. The molecule has 0 aliphatic carbocycles. The van der Waals surface area contributed by atoms with Gasteiger partial charge in [-0.15, -0.1) is 11.6 Å². The predicted octanol–water partition coefficient (Wildman–Crippen LogP) is 2.37. The summed E-state index contributed by atoms with van der Waals surface area (Å²) in [6, 6.07) is 7.51. The Morgan fingerprint density at radius 3 is 2.65 bits per heavy atom.